The van der Waals surface area contributed by atoms with Gasteiger partial charge in [0.1, 0.15) is 5.75 Å². The van der Waals surface area contributed by atoms with Crippen LogP contribution in [0.1, 0.15) is 30.9 Å². The molecule has 5 heteroatoms. The molecule has 0 radical (unpaired) electrons. The molecule has 4 nitrogen and oxygen atoms in total. The summed E-state index contributed by atoms with van der Waals surface area (Å²) in [5.41, 5.74) is 2.97. The molecule has 0 atom stereocenters. The van der Waals surface area contributed by atoms with Gasteiger partial charge < -0.3 is 4.74 Å². The predicted molar refractivity (Wildman–Crippen MR) is 91.5 cm³/mol. The molecule has 2 aromatic carbocycles. The second-order valence-electron chi connectivity index (χ2n) is 5.70. The number of benzene rings is 2. The third-order valence-electron chi connectivity index (χ3n) is 4.05. The minimum absolute atomic E-state index is 0.326. The smallest absolute Gasteiger partial charge is 0.261 e. The van der Waals surface area contributed by atoms with Gasteiger partial charge in [0.25, 0.3) is 10.0 Å². The fourth-order valence-electron chi connectivity index (χ4n) is 2.88. The molecule has 0 unspecified atom stereocenters. The molecular weight excluding hydrogens is 310 g/mol. The summed E-state index contributed by atoms with van der Waals surface area (Å²) in [5.74, 6) is 0.726. The average molecular weight is 331 g/mol. The quantitative estimate of drug-likeness (QED) is 0.907. The standard InChI is InChI=1S/C18H21NO3S/c1-2-22-17-10-8-16(9-11-17)19-23(20,21)18-12-7-14-5-3-4-6-15(14)13-18/h7-13,19H,2-6H2,1H3. The molecule has 0 fully saturated rings. The van der Waals surface area contributed by atoms with E-state index in [4.69, 9.17) is 4.74 Å². The molecule has 1 N–H and O–H groups in total. The van der Waals surface area contributed by atoms with Crippen LogP contribution in [0.5, 0.6) is 5.75 Å². The van der Waals surface area contributed by atoms with Crippen LogP contribution in [-0.2, 0) is 22.9 Å². The number of ether oxygens (including phenoxy) is 1. The number of hydrogen-bond acceptors (Lipinski definition) is 3. The van der Waals surface area contributed by atoms with E-state index in [9.17, 15) is 8.42 Å². The van der Waals surface area contributed by atoms with Crippen LogP contribution in [0.25, 0.3) is 0 Å². The predicted octanol–water partition coefficient (Wildman–Crippen LogP) is 3.76. The van der Waals surface area contributed by atoms with E-state index in [-0.39, 0.29) is 0 Å². The van der Waals surface area contributed by atoms with E-state index in [0.717, 1.165) is 30.6 Å². The number of nitrogens with one attached hydrogen (secondary N) is 1. The lowest BCUT2D eigenvalue weighted by molar-refractivity contribution is 0.340. The summed E-state index contributed by atoms with van der Waals surface area (Å²) >= 11 is 0. The fourth-order valence-corrected chi connectivity index (χ4v) is 3.99. The largest absolute Gasteiger partial charge is 0.494 e. The Balaban J connectivity index is 1.81. The van der Waals surface area contributed by atoms with Crippen molar-refractivity contribution in [2.75, 3.05) is 11.3 Å². The normalized spacial score (nSPS) is 14.1. The molecule has 0 bridgehead atoms. The van der Waals surface area contributed by atoms with Crippen LogP contribution < -0.4 is 9.46 Å². The Labute approximate surface area is 137 Å². The zero-order valence-electron chi connectivity index (χ0n) is 13.2. The van der Waals surface area contributed by atoms with E-state index >= 15 is 0 Å². The van der Waals surface area contributed by atoms with Crippen molar-refractivity contribution in [3.8, 4) is 5.75 Å². The number of sulfonamides is 1. The molecule has 122 valence electrons. The van der Waals surface area contributed by atoms with Gasteiger partial charge in [-0.15, -0.1) is 0 Å². The lowest BCUT2D eigenvalue weighted by Gasteiger charge is -2.17. The Hall–Kier alpha value is -2.01. The van der Waals surface area contributed by atoms with Crippen molar-refractivity contribution in [2.45, 2.75) is 37.5 Å². The topological polar surface area (TPSA) is 55.4 Å². The Morgan fingerprint density at radius 3 is 2.39 bits per heavy atom. The molecule has 23 heavy (non-hydrogen) atoms. The van der Waals surface area contributed by atoms with Gasteiger partial charge in [-0.05, 0) is 80.1 Å². The molecule has 1 aliphatic rings. The lowest BCUT2D eigenvalue weighted by Crippen LogP contribution is -2.14. The van der Waals surface area contributed by atoms with E-state index in [1.165, 1.54) is 12.0 Å². The van der Waals surface area contributed by atoms with Crippen molar-refractivity contribution in [1.29, 1.82) is 0 Å². The molecule has 0 heterocycles. The molecule has 0 aliphatic heterocycles. The van der Waals surface area contributed by atoms with E-state index in [2.05, 4.69) is 4.72 Å². The van der Waals surface area contributed by atoms with Crippen LogP contribution in [0, 0.1) is 0 Å². The van der Waals surface area contributed by atoms with Gasteiger partial charge >= 0.3 is 0 Å². The highest BCUT2D eigenvalue weighted by Crippen LogP contribution is 2.25. The van der Waals surface area contributed by atoms with Gasteiger partial charge in [0, 0.05) is 5.69 Å². The van der Waals surface area contributed by atoms with Gasteiger partial charge in [0.15, 0.2) is 0 Å². The van der Waals surface area contributed by atoms with E-state index in [1.54, 1.807) is 30.3 Å². The molecule has 0 aromatic heterocycles. The van der Waals surface area contributed by atoms with Crippen molar-refractivity contribution in [3.05, 3.63) is 53.6 Å². The maximum absolute atomic E-state index is 12.6. The first-order valence-corrected chi connectivity index (χ1v) is 9.44. The van der Waals surface area contributed by atoms with Crippen molar-refractivity contribution < 1.29 is 13.2 Å². The second kappa shape index (κ2) is 6.62. The van der Waals surface area contributed by atoms with Gasteiger partial charge in [-0.3, -0.25) is 4.72 Å². The van der Waals surface area contributed by atoms with E-state index in [0.29, 0.717) is 17.2 Å². The van der Waals surface area contributed by atoms with Crippen molar-refractivity contribution >= 4 is 15.7 Å². The maximum Gasteiger partial charge on any atom is 0.261 e. The summed E-state index contributed by atoms with van der Waals surface area (Å²) < 4.78 is 33.1. The van der Waals surface area contributed by atoms with Gasteiger partial charge in [-0.2, -0.15) is 0 Å². The third-order valence-corrected chi connectivity index (χ3v) is 5.43. The van der Waals surface area contributed by atoms with Crippen LogP contribution in [0.15, 0.2) is 47.4 Å². The molecule has 0 spiro atoms. The van der Waals surface area contributed by atoms with Crippen molar-refractivity contribution in [1.82, 2.24) is 0 Å². The lowest BCUT2D eigenvalue weighted by atomic mass is 9.92. The molecule has 0 saturated carbocycles. The highest BCUT2D eigenvalue weighted by molar-refractivity contribution is 7.92. The van der Waals surface area contributed by atoms with E-state index in [1.807, 2.05) is 19.1 Å². The first kappa shape index (κ1) is 15.9. The number of fused-ring (bicyclic) bond motifs is 1. The molecule has 1 aliphatic carbocycles. The van der Waals surface area contributed by atoms with Crippen LogP contribution in [0.3, 0.4) is 0 Å². The summed E-state index contributed by atoms with van der Waals surface area (Å²) in [7, 11) is -3.56. The SMILES string of the molecule is CCOc1ccc(NS(=O)(=O)c2ccc3c(c2)CCCC3)cc1. The number of rotatable bonds is 5. The van der Waals surface area contributed by atoms with Gasteiger partial charge in [0.05, 0.1) is 11.5 Å². The fraction of sp³-hybridized carbons (Fsp3) is 0.333. The van der Waals surface area contributed by atoms with Crippen molar-refractivity contribution in [3.63, 3.8) is 0 Å². The summed E-state index contributed by atoms with van der Waals surface area (Å²) in [6, 6.07) is 12.4. The Morgan fingerprint density at radius 1 is 1.00 bits per heavy atom. The zero-order valence-corrected chi connectivity index (χ0v) is 14.0. The zero-order chi connectivity index (χ0) is 16.3. The number of anilines is 1. The van der Waals surface area contributed by atoms with Crippen LogP contribution in [-0.4, -0.2) is 15.0 Å². The highest BCUT2D eigenvalue weighted by atomic mass is 32.2. The van der Waals surface area contributed by atoms with Gasteiger partial charge in [-0.25, -0.2) is 8.42 Å². The number of aryl methyl sites for hydroxylation is 2. The molecule has 3 rings (SSSR count). The maximum atomic E-state index is 12.6. The van der Waals surface area contributed by atoms with Gasteiger partial charge in [-0.1, -0.05) is 6.07 Å². The molecule has 0 amide bonds. The molecular formula is C18H21NO3S. The Kier molecular flexibility index (Phi) is 4.57. The third kappa shape index (κ3) is 3.67. The van der Waals surface area contributed by atoms with Crippen LogP contribution in [0.2, 0.25) is 0 Å². The van der Waals surface area contributed by atoms with Crippen LogP contribution >= 0.6 is 0 Å². The summed E-state index contributed by atoms with van der Waals surface area (Å²) in [4.78, 5) is 0.326. The minimum Gasteiger partial charge on any atom is -0.494 e. The number of hydrogen-bond donors (Lipinski definition) is 1. The minimum atomic E-state index is -3.56. The molecule has 0 saturated heterocycles. The Bertz CT molecular complexity index is 782. The summed E-state index contributed by atoms with van der Waals surface area (Å²) in [5, 5.41) is 0. The summed E-state index contributed by atoms with van der Waals surface area (Å²) in [6.07, 6.45) is 4.32. The monoisotopic (exact) mass is 331 g/mol. The Morgan fingerprint density at radius 2 is 1.70 bits per heavy atom. The van der Waals surface area contributed by atoms with Crippen LogP contribution in [0.4, 0.5) is 5.69 Å². The molecule has 2 aromatic rings. The first-order valence-electron chi connectivity index (χ1n) is 7.96. The van der Waals surface area contributed by atoms with E-state index < -0.39 is 10.0 Å². The first-order chi connectivity index (χ1) is 11.1. The van der Waals surface area contributed by atoms with Gasteiger partial charge in [0.2, 0.25) is 0 Å². The highest BCUT2D eigenvalue weighted by Gasteiger charge is 2.17. The summed E-state index contributed by atoms with van der Waals surface area (Å²) in [6.45, 7) is 2.49. The average Bonchev–Trinajstić information content (AvgIpc) is 2.56. The van der Waals surface area contributed by atoms with Crippen molar-refractivity contribution in [2.24, 2.45) is 0 Å². The second-order valence-corrected chi connectivity index (χ2v) is 7.38.